The number of amides is 2. The molecule has 8 heteroatoms. The van der Waals surface area contributed by atoms with Crippen molar-refractivity contribution in [2.75, 3.05) is 13.1 Å². The van der Waals surface area contributed by atoms with Crippen molar-refractivity contribution in [3.05, 3.63) is 57.5 Å². The Morgan fingerprint density at radius 3 is 2.66 bits per heavy atom. The number of aromatic amines is 1. The van der Waals surface area contributed by atoms with Crippen molar-refractivity contribution in [2.24, 2.45) is 5.92 Å². The van der Waals surface area contributed by atoms with Crippen molar-refractivity contribution in [1.82, 2.24) is 24.8 Å². The normalized spacial score (nSPS) is 21.4. The number of nitrogens with one attached hydrogen (secondary N) is 1. The van der Waals surface area contributed by atoms with Gasteiger partial charge in [0.15, 0.2) is 0 Å². The number of hydrogen-bond donors (Lipinski definition) is 1. The third-order valence-electron chi connectivity index (χ3n) is 7.09. The summed E-state index contributed by atoms with van der Waals surface area (Å²) in [7, 11) is 0. The number of hydrogen-bond acceptors (Lipinski definition) is 5. The van der Waals surface area contributed by atoms with Crippen LogP contribution in [0.2, 0.25) is 0 Å². The number of pyridine rings is 1. The highest BCUT2D eigenvalue weighted by atomic mass is 16.2. The summed E-state index contributed by atoms with van der Waals surface area (Å²) < 4.78 is 0. The topological polar surface area (TPSA) is 99.3 Å². The fraction of sp³-hybridized carbons (Fsp3) is 0.542. The van der Waals surface area contributed by atoms with Crippen molar-refractivity contribution in [1.29, 1.82) is 0 Å². The van der Waals surface area contributed by atoms with Crippen molar-refractivity contribution in [2.45, 2.75) is 64.0 Å². The van der Waals surface area contributed by atoms with E-state index in [2.05, 4.69) is 9.97 Å². The molecule has 0 spiro atoms. The van der Waals surface area contributed by atoms with Crippen LogP contribution < -0.4 is 5.56 Å². The van der Waals surface area contributed by atoms with Gasteiger partial charge in [-0.2, -0.15) is 0 Å². The molecule has 1 N–H and O–H groups in total. The fourth-order valence-electron chi connectivity index (χ4n) is 5.34. The predicted molar refractivity (Wildman–Crippen MR) is 118 cm³/mol. The molecule has 2 aliphatic heterocycles. The molecule has 1 saturated carbocycles. The molecule has 168 valence electrons. The number of piperidine rings is 1. The van der Waals surface area contributed by atoms with Gasteiger partial charge in [-0.3, -0.25) is 19.4 Å². The molecular formula is C24H29N5O3. The maximum absolute atomic E-state index is 13.1. The minimum absolute atomic E-state index is 0.0866. The van der Waals surface area contributed by atoms with Gasteiger partial charge in [0.1, 0.15) is 5.82 Å². The van der Waals surface area contributed by atoms with E-state index < -0.39 is 0 Å². The smallest absolute Gasteiger partial charge is 0.256 e. The van der Waals surface area contributed by atoms with E-state index in [0.29, 0.717) is 43.0 Å². The third-order valence-corrected chi connectivity index (χ3v) is 7.09. The van der Waals surface area contributed by atoms with E-state index in [1.54, 1.807) is 24.5 Å². The Morgan fingerprint density at radius 2 is 1.88 bits per heavy atom. The molecule has 1 atom stereocenters. The van der Waals surface area contributed by atoms with Crippen LogP contribution in [0.15, 0.2) is 29.3 Å². The van der Waals surface area contributed by atoms with Gasteiger partial charge in [0, 0.05) is 37.8 Å². The Morgan fingerprint density at radius 1 is 1.06 bits per heavy atom. The standard InChI is InChI=1S/C24H29N5O3/c30-22-18-15-28(23(31)16-6-1-2-7-16)13-10-19(18)26-21(27-22)20-9-3-4-12-29(20)24(32)17-8-5-11-25-14-17/h5,8,11,14,16,20H,1-4,6-7,9-10,12-13,15H2,(H,26,27,30). The average Bonchev–Trinajstić information content (AvgIpc) is 3.38. The minimum Gasteiger partial charge on any atom is -0.337 e. The summed E-state index contributed by atoms with van der Waals surface area (Å²) >= 11 is 0. The van der Waals surface area contributed by atoms with Crippen molar-refractivity contribution >= 4 is 11.8 Å². The monoisotopic (exact) mass is 435 g/mol. The average molecular weight is 436 g/mol. The Balaban J connectivity index is 1.39. The molecule has 0 radical (unpaired) electrons. The number of carbonyl (C=O) groups excluding carboxylic acids is 2. The number of nitrogens with zero attached hydrogens (tertiary/aromatic N) is 4. The van der Waals surface area contributed by atoms with Gasteiger partial charge in [0.05, 0.1) is 29.4 Å². The molecule has 1 aliphatic carbocycles. The van der Waals surface area contributed by atoms with Gasteiger partial charge < -0.3 is 14.8 Å². The van der Waals surface area contributed by atoms with Crippen molar-refractivity contribution in [3.63, 3.8) is 0 Å². The first kappa shape index (κ1) is 20.8. The number of carbonyl (C=O) groups is 2. The molecular weight excluding hydrogens is 406 g/mol. The van der Waals surface area contributed by atoms with E-state index in [9.17, 15) is 14.4 Å². The Bertz CT molecular complexity index is 1060. The number of aromatic nitrogens is 3. The third kappa shape index (κ3) is 3.94. The highest BCUT2D eigenvalue weighted by molar-refractivity contribution is 5.94. The number of fused-ring (bicyclic) bond motifs is 1. The highest BCUT2D eigenvalue weighted by Gasteiger charge is 2.34. The van der Waals surface area contributed by atoms with E-state index in [0.717, 1.165) is 50.6 Å². The minimum atomic E-state index is -0.257. The first-order valence-corrected chi connectivity index (χ1v) is 11.7. The lowest BCUT2D eigenvalue weighted by Gasteiger charge is -2.36. The molecule has 32 heavy (non-hydrogen) atoms. The van der Waals surface area contributed by atoms with Gasteiger partial charge in [-0.1, -0.05) is 12.8 Å². The molecule has 2 fully saturated rings. The second-order valence-corrected chi connectivity index (χ2v) is 9.12. The molecule has 5 rings (SSSR count). The first-order chi connectivity index (χ1) is 15.6. The van der Waals surface area contributed by atoms with Crippen LogP contribution in [0.25, 0.3) is 0 Å². The molecule has 8 nitrogen and oxygen atoms in total. The zero-order valence-electron chi connectivity index (χ0n) is 18.3. The summed E-state index contributed by atoms with van der Waals surface area (Å²) in [6.07, 6.45) is 10.6. The molecule has 1 saturated heterocycles. The van der Waals surface area contributed by atoms with E-state index in [1.165, 1.54) is 0 Å². The van der Waals surface area contributed by atoms with Crippen LogP contribution in [0.1, 0.15) is 78.4 Å². The highest BCUT2D eigenvalue weighted by Crippen LogP contribution is 2.31. The SMILES string of the molecule is O=C(C1CCCC1)N1CCc2nc(C3CCCCN3C(=O)c3cccnc3)[nH]c(=O)c2C1. The Labute approximate surface area is 187 Å². The maximum atomic E-state index is 13.1. The number of likely N-dealkylation sites (tertiary alicyclic amines) is 1. The van der Waals surface area contributed by atoms with Gasteiger partial charge in [0.2, 0.25) is 5.91 Å². The number of H-pyrrole nitrogens is 1. The number of rotatable bonds is 3. The summed E-state index contributed by atoms with van der Waals surface area (Å²) in [6.45, 7) is 1.56. The van der Waals surface area contributed by atoms with E-state index in [4.69, 9.17) is 4.98 Å². The van der Waals surface area contributed by atoms with E-state index in [-0.39, 0.29) is 29.3 Å². The molecule has 0 bridgehead atoms. The molecule has 3 aliphatic rings. The van der Waals surface area contributed by atoms with Crippen molar-refractivity contribution < 1.29 is 9.59 Å². The quantitative estimate of drug-likeness (QED) is 0.799. The van der Waals surface area contributed by atoms with Crippen LogP contribution in [-0.2, 0) is 17.8 Å². The van der Waals surface area contributed by atoms with Crippen LogP contribution in [0.3, 0.4) is 0 Å². The molecule has 0 aromatic carbocycles. The van der Waals surface area contributed by atoms with Gasteiger partial charge in [-0.15, -0.1) is 0 Å². The fourth-order valence-corrected chi connectivity index (χ4v) is 5.34. The van der Waals surface area contributed by atoms with Gasteiger partial charge >= 0.3 is 0 Å². The zero-order chi connectivity index (χ0) is 22.1. The molecule has 4 heterocycles. The predicted octanol–water partition coefficient (Wildman–Crippen LogP) is 2.61. The van der Waals surface area contributed by atoms with Crippen LogP contribution in [0.4, 0.5) is 0 Å². The van der Waals surface area contributed by atoms with Gasteiger partial charge in [-0.05, 0) is 44.2 Å². The largest absolute Gasteiger partial charge is 0.337 e. The van der Waals surface area contributed by atoms with Gasteiger partial charge in [-0.25, -0.2) is 4.98 Å². The van der Waals surface area contributed by atoms with Crippen molar-refractivity contribution in [3.8, 4) is 0 Å². The van der Waals surface area contributed by atoms with Gasteiger partial charge in [0.25, 0.3) is 11.5 Å². The summed E-state index contributed by atoms with van der Waals surface area (Å²) in [5.74, 6) is 0.757. The van der Waals surface area contributed by atoms with Crippen LogP contribution >= 0.6 is 0 Å². The second-order valence-electron chi connectivity index (χ2n) is 9.12. The molecule has 1 unspecified atom stereocenters. The Hall–Kier alpha value is -3.03. The second kappa shape index (κ2) is 8.84. The van der Waals surface area contributed by atoms with E-state index >= 15 is 0 Å². The van der Waals surface area contributed by atoms with E-state index in [1.807, 2.05) is 9.80 Å². The molecule has 2 aromatic rings. The van der Waals surface area contributed by atoms with Crippen LogP contribution in [0.5, 0.6) is 0 Å². The molecule has 2 amide bonds. The summed E-state index contributed by atoms with van der Waals surface area (Å²) in [6, 6.07) is 3.26. The lowest BCUT2D eigenvalue weighted by atomic mass is 9.99. The Kier molecular flexibility index (Phi) is 5.76. The summed E-state index contributed by atoms with van der Waals surface area (Å²) in [4.78, 5) is 54.4. The lowest BCUT2D eigenvalue weighted by Crippen LogP contribution is -2.43. The zero-order valence-corrected chi connectivity index (χ0v) is 18.3. The summed E-state index contributed by atoms with van der Waals surface area (Å²) in [5, 5.41) is 0. The lowest BCUT2D eigenvalue weighted by molar-refractivity contribution is -0.136. The van der Waals surface area contributed by atoms with Crippen LogP contribution in [-0.4, -0.2) is 49.7 Å². The maximum Gasteiger partial charge on any atom is 0.256 e. The summed E-state index contributed by atoms with van der Waals surface area (Å²) in [5.41, 5.74) is 1.71. The van der Waals surface area contributed by atoms with Crippen LogP contribution in [0, 0.1) is 5.92 Å². The first-order valence-electron chi connectivity index (χ1n) is 11.7. The molecule has 2 aromatic heterocycles.